The van der Waals surface area contributed by atoms with Crippen LogP contribution in [-0.4, -0.2) is 18.2 Å². The number of nitrogens with zero attached hydrogens (tertiary/aromatic N) is 1. The van der Waals surface area contributed by atoms with Gasteiger partial charge < -0.3 is 4.90 Å². The van der Waals surface area contributed by atoms with Crippen LogP contribution in [0.25, 0.3) is 0 Å². The van der Waals surface area contributed by atoms with Crippen LogP contribution in [-0.2, 0) is 11.2 Å². The Morgan fingerprint density at radius 3 is 2.37 bits per heavy atom. The molecule has 19 heavy (non-hydrogen) atoms. The van der Waals surface area contributed by atoms with Crippen LogP contribution in [0.2, 0.25) is 0 Å². The largest absolute Gasteiger partial charge is 0.309 e. The molecule has 0 bridgehead atoms. The zero-order chi connectivity index (χ0) is 14.4. The molecule has 100 valence electrons. The lowest BCUT2D eigenvalue weighted by molar-refractivity contribution is -0.116. The van der Waals surface area contributed by atoms with Gasteiger partial charge in [0.05, 0.1) is 0 Å². The summed E-state index contributed by atoms with van der Waals surface area (Å²) in [6.07, 6.45) is 4.05. The summed E-state index contributed by atoms with van der Waals surface area (Å²) in [5.74, 6) is -0.0456. The molecule has 1 aromatic carbocycles. The molecule has 1 amide bonds. The number of allylic oxidation sites excluding steroid dienone is 1. The van der Waals surface area contributed by atoms with Crippen molar-refractivity contribution in [1.29, 1.82) is 0 Å². The first kappa shape index (κ1) is 14.9. The van der Waals surface area contributed by atoms with E-state index in [9.17, 15) is 9.59 Å². The molecule has 1 aromatic rings. The highest BCUT2D eigenvalue weighted by atomic mass is 16.2. The molecule has 0 aromatic heterocycles. The highest BCUT2D eigenvalue weighted by Crippen LogP contribution is 2.23. The molecule has 0 aliphatic rings. The summed E-state index contributed by atoms with van der Waals surface area (Å²) in [5.41, 5.74) is 2.36. The first-order chi connectivity index (χ1) is 9.01. The van der Waals surface area contributed by atoms with Crippen LogP contribution in [0.15, 0.2) is 43.5 Å². The summed E-state index contributed by atoms with van der Waals surface area (Å²) >= 11 is 0. The maximum Gasteiger partial charge on any atom is 0.224 e. The average Bonchev–Trinajstić information content (AvgIpc) is 2.36. The summed E-state index contributed by atoms with van der Waals surface area (Å²) in [7, 11) is 0. The Morgan fingerprint density at radius 2 is 1.89 bits per heavy atom. The van der Waals surface area contributed by atoms with E-state index in [1.807, 2.05) is 6.07 Å². The van der Waals surface area contributed by atoms with Crippen LogP contribution in [0.5, 0.6) is 0 Å². The number of amides is 1. The van der Waals surface area contributed by atoms with Gasteiger partial charge in [-0.2, -0.15) is 0 Å². The van der Waals surface area contributed by atoms with E-state index in [2.05, 4.69) is 13.2 Å². The molecule has 0 spiro atoms. The molecule has 1 rings (SSSR count). The predicted molar refractivity (Wildman–Crippen MR) is 78.6 cm³/mol. The molecular weight excluding hydrogens is 238 g/mol. The number of carbonyl (C=O) groups excluding carboxylic acids is 2. The molecule has 0 unspecified atom stereocenters. The van der Waals surface area contributed by atoms with Crippen LogP contribution < -0.4 is 4.90 Å². The minimum absolute atomic E-state index is 0.00922. The molecule has 0 heterocycles. The van der Waals surface area contributed by atoms with Crippen molar-refractivity contribution in [3.63, 3.8) is 0 Å². The quantitative estimate of drug-likeness (QED) is 0.580. The summed E-state index contributed by atoms with van der Waals surface area (Å²) in [6.45, 7) is 10.9. The summed E-state index contributed by atoms with van der Waals surface area (Å²) in [6, 6.07) is 5.36. The molecule has 0 fully saturated rings. The Labute approximate surface area is 114 Å². The van der Waals surface area contributed by atoms with E-state index in [1.54, 1.807) is 29.2 Å². The second-order valence-electron chi connectivity index (χ2n) is 4.31. The van der Waals surface area contributed by atoms with Gasteiger partial charge in [-0.05, 0) is 37.1 Å². The predicted octanol–water partition coefficient (Wildman–Crippen LogP) is 3.16. The molecule has 0 atom stereocenters. The van der Waals surface area contributed by atoms with Gasteiger partial charge in [-0.25, -0.2) is 0 Å². The molecule has 0 aliphatic carbocycles. The number of rotatable bonds is 6. The third-order valence-corrected chi connectivity index (χ3v) is 2.83. The third kappa shape index (κ3) is 3.65. The van der Waals surface area contributed by atoms with Crippen molar-refractivity contribution in [2.75, 3.05) is 11.4 Å². The Hall–Kier alpha value is -2.16. The summed E-state index contributed by atoms with van der Waals surface area (Å²) in [5, 5.41) is 0. The second kappa shape index (κ2) is 6.69. The molecule has 3 nitrogen and oxygen atoms in total. The van der Waals surface area contributed by atoms with E-state index >= 15 is 0 Å². The van der Waals surface area contributed by atoms with Crippen molar-refractivity contribution < 1.29 is 9.59 Å². The smallest absolute Gasteiger partial charge is 0.224 e. The topological polar surface area (TPSA) is 37.4 Å². The maximum absolute atomic E-state index is 11.7. The molecule has 0 saturated carbocycles. The number of hydrogen-bond acceptors (Lipinski definition) is 2. The highest BCUT2D eigenvalue weighted by molar-refractivity contribution is 5.97. The fraction of sp³-hybridized carbons (Fsp3) is 0.250. The fourth-order valence-corrected chi connectivity index (χ4v) is 1.91. The van der Waals surface area contributed by atoms with Crippen LogP contribution >= 0.6 is 0 Å². The zero-order valence-corrected chi connectivity index (χ0v) is 11.5. The molecule has 0 aliphatic heterocycles. The van der Waals surface area contributed by atoms with Gasteiger partial charge in [0.25, 0.3) is 0 Å². The van der Waals surface area contributed by atoms with Gasteiger partial charge in [-0.15, -0.1) is 13.2 Å². The minimum atomic E-state index is -0.0548. The SMILES string of the molecule is C=CCc1cc(C(C)=O)ccc1N(CC=C)C(C)=O. The number of ketones is 1. The maximum atomic E-state index is 11.7. The van der Waals surface area contributed by atoms with Crippen molar-refractivity contribution in [1.82, 2.24) is 0 Å². The van der Waals surface area contributed by atoms with E-state index in [1.165, 1.54) is 13.8 Å². The normalized spacial score (nSPS) is 9.79. The first-order valence-corrected chi connectivity index (χ1v) is 6.15. The van der Waals surface area contributed by atoms with Crippen LogP contribution in [0.4, 0.5) is 5.69 Å². The van der Waals surface area contributed by atoms with Crippen molar-refractivity contribution in [3.05, 3.63) is 54.6 Å². The summed E-state index contributed by atoms with van der Waals surface area (Å²) in [4.78, 5) is 24.7. The lowest BCUT2D eigenvalue weighted by atomic mass is 10.0. The van der Waals surface area contributed by atoms with Gasteiger partial charge in [0.15, 0.2) is 5.78 Å². The third-order valence-electron chi connectivity index (χ3n) is 2.83. The Morgan fingerprint density at radius 1 is 1.21 bits per heavy atom. The number of anilines is 1. The van der Waals surface area contributed by atoms with Crippen molar-refractivity contribution in [2.45, 2.75) is 20.3 Å². The number of hydrogen-bond donors (Lipinski definition) is 0. The van der Waals surface area contributed by atoms with Gasteiger partial charge in [-0.1, -0.05) is 12.2 Å². The Bertz CT molecular complexity index is 517. The van der Waals surface area contributed by atoms with E-state index < -0.39 is 0 Å². The van der Waals surface area contributed by atoms with E-state index in [0.717, 1.165) is 11.3 Å². The molecule has 0 saturated heterocycles. The monoisotopic (exact) mass is 257 g/mol. The van der Waals surface area contributed by atoms with Gasteiger partial charge in [0, 0.05) is 24.7 Å². The van der Waals surface area contributed by atoms with Crippen LogP contribution in [0.1, 0.15) is 29.8 Å². The molecule has 0 N–H and O–H groups in total. The average molecular weight is 257 g/mol. The highest BCUT2D eigenvalue weighted by Gasteiger charge is 2.14. The second-order valence-corrected chi connectivity index (χ2v) is 4.31. The van der Waals surface area contributed by atoms with Gasteiger partial charge in [0.1, 0.15) is 0 Å². The molecular formula is C16H19NO2. The zero-order valence-electron chi connectivity index (χ0n) is 11.5. The summed E-state index contributed by atoms with van der Waals surface area (Å²) < 4.78 is 0. The first-order valence-electron chi connectivity index (χ1n) is 6.15. The lowest BCUT2D eigenvalue weighted by Gasteiger charge is -2.22. The lowest BCUT2D eigenvalue weighted by Crippen LogP contribution is -2.29. The van der Waals surface area contributed by atoms with E-state index in [-0.39, 0.29) is 11.7 Å². The standard InChI is InChI=1S/C16H19NO2/c1-5-7-15-11-14(12(3)18)8-9-16(15)17(10-6-2)13(4)19/h5-6,8-9,11H,1-2,7,10H2,3-4H3. The van der Waals surface area contributed by atoms with Crippen molar-refractivity contribution in [2.24, 2.45) is 0 Å². The van der Waals surface area contributed by atoms with Crippen LogP contribution in [0, 0.1) is 0 Å². The Kier molecular flexibility index (Phi) is 5.24. The molecule has 3 heteroatoms. The number of carbonyl (C=O) groups is 2. The number of Topliss-reactive ketones (excluding diaryl/α,β-unsaturated/α-hetero) is 1. The van der Waals surface area contributed by atoms with Crippen LogP contribution in [0.3, 0.4) is 0 Å². The minimum Gasteiger partial charge on any atom is -0.309 e. The van der Waals surface area contributed by atoms with Gasteiger partial charge in [0.2, 0.25) is 5.91 Å². The Balaban J connectivity index is 3.31. The van der Waals surface area contributed by atoms with E-state index in [0.29, 0.717) is 18.5 Å². The number of benzene rings is 1. The van der Waals surface area contributed by atoms with E-state index in [4.69, 9.17) is 0 Å². The van der Waals surface area contributed by atoms with Crippen molar-refractivity contribution >= 4 is 17.4 Å². The molecule has 0 radical (unpaired) electrons. The van der Waals surface area contributed by atoms with Gasteiger partial charge in [-0.3, -0.25) is 9.59 Å². The van der Waals surface area contributed by atoms with Gasteiger partial charge >= 0.3 is 0 Å². The van der Waals surface area contributed by atoms with Crippen molar-refractivity contribution in [3.8, 4) is 0 Å². The fourth-order valence-electron chi connectivity index (χ4n) is 1.91.